The van der Waals surface area contributed by atoms with Crippen LogP contribution in [0.2, 0.25) is 0 Å². The van der Waals surface area contributed by atoms with Crippen molar-refractivity contribution in [3.8, 4) is 0 Å². The minimum Gasteiger partial charge on any atom is -0.381 e. The van der Waals surface area contributed by atoms with Crippen LogP contribution in [-0.2, 0) is 24.2 Å². The summed E-state index contributed by atoms with van der Waals surface area (Å²) in [5.74, 6) is 0. The molecule has 2 rings (SSSR count). The molecule has 90 valence electrons. The summed E-state index contributed by atoms with van der Waals surface area (Å²) in [5.41, 5.74) is 2.63. The van der Waals surface area contributed by atoms with E-state index in [0.29, 0.717) is 0 Å². The van der Waals surface area contributed by atoms with Crippen molar-refractivity contribution in [2.45, 2.75) is 39.3 Å². The van der Waals surface area contributed by atoms with E-state index in [9.17, 15) is 0 Å². The predicted molar refractivity (Wildman–Crippen MR) is 63.4 cm³/mol. The molecule has 4 nitrogen and oxygen atoms in total. The summed E-state index contributed by atoms with van der Waals surface area (Å²) >= 11 is 0. The highest BCUT2D eigenvalue weighted by Crippen LogP contribution is 2.12. The van der Waals surface area contributed by atoms with Gasteiger partial charge in [-0.3, -0.25) is 0 Å². The van der Waals surface area contributed by atoms with Crippen LogP contribution in [0.15, 0.2) is 6.33 Å². The van der Waals surface area contributed by atoms with Crippen LogP contribution in [-0.4, -0.2) is 29.3 Å². The summed E-state index contributed by atoms with van der Waals surface area (Å²) < 4.78 is 7.76. The fourth-order valence-electron chi connectivity index (χ4n) is 2.07. The monoisotopic (exact) mass is 223 g/mol. The molecule has 0 saturated heterocycles. The van der Waals surface area contributed by atoms with E-state index in [4.69, 9.17) is 4.74 Å². The van der Waals surface area contributed by atoms with E-state index in [1.54, 1.807) is 0 Å². The van der Waals surface area contributed by atoms with Crippen molar-refractivity contribution in [2.24, 2.45) is 0 Å². The van der Waals surface area contributed by atoms with E-state index in [-0.39, 0.29) is 0 Å². The van der Waals surface area contributed by atoms with Crippen LogP contribution in [0.1, 0.15) is 31.2 Å². The Bertz CT molecular complexity index is 322. The van der Waals surface area contributed by atoms with Gasteiger partial charge < -0.3 is 14.6 Å². The summed E-state index contributed by atoms with van der Waals surface area (Å²) in [6.45, 7) is 6.91. The van der Waals surface area contributed by atoms with Crippen LogP contribution >= 0.6 is 0 Å². The standard InChI is InChI=1S/C12H21N3O/c1-2-7-16-8-3-6-15-10-14-11-9-13-5-4-12(11)15/h10,13H,2-9H2,1H3. The van der Waals surface area contributed by atoms with Gasteiger partial charge in [0, 0.05) is 45.0 Å². The van der Waals surface area contributed by atoms with Gasteiger partial charge in [0.25, 0.3) is 0 Å². The second-order valence-corrected chi connectivity index (χ2v) is 4.22. The highest BCUT2D eigenvalue weighted by atomic mass is 16.5. The highest BCUT2D eigenvalue weighted by molar-refractivity contribution is 5.16. The second-order valence-electron chi connectivity index (χ2n) is 4.22. The number of aryl methyl sites for hydroxylation is 1. The molecule has 16 heavy (non-hydrogen) atoms. The van der Waals surface area contributed by atoms with Crippen LogP contribution in [0.4, 0.5) is 0 Å². The first-order valence-electron chi connectivity index (χ1n) is 6.23. The van der Waals surface area contributed by atoms with Crippen LogP contribution in [0.25, 0.3) is 0 Å². The van der Waals surface area contributed by atoms with Crippen molar-refractivity contribution in [2.75, 3.05) is 19.8 Å². The van der Waals surface area contributed by atoms with Gasteiger partial charge in [-0.25, -0.2) is 4.98 Å². The maximum atomic E-state index is 5.48. The number of ether oxygens (including phenoxy) is 1. The van der Waals surface area contributed by atoms with E-state index < -0.39 is 0 Å². The smallest absolute Gasteiger partial charge is 0.0952 e. The Morgan fingerprint density at radius 3 is 3.31 bits per heavy atom. The second kappa shape index (κ2) is 6.01. The van der Waals surface area contributed by atoms with Gasteiger partial charge in [0.1, 0.15) is 0 Å². The Kier molecular flexibility index (Phi) is 4.36. The van der Waals surface area contributed by atoms with Gasteiger partial charge in [0.15, 0.2) is 0 Å². The van der Waals surface area contributed by atoms with Gasteiger partial charge >= 0.3 is 0 Å². The van der Waals surface area contributed by atoms with E-state index in [1.165, 1.54) is 11.4 Å². The average molecular weight is 223 g/mol. The van der Waals surface area contributed by atoms with E-state index in [0.717, 1.165) is 52.1 Å². The molecule has 0 aromatic carbocycles. The summed E-state index contributed by atoms with van der Waals surface area (Å²) in [6, 6.07) is 0. The minimum absolute atomic E-state index is 0.860. The maximum Gasteiger partial charge on any atom is 0.0952 e. The molecule has 0 amide bonds. The molecule has 0 bridgehead atoms. The van der Waals surface area contributed by atoms with Gasteiger partial charge in [0.05, 0.1) is 12.0 Å². The van der Waals surface area contributed by atoms with Gasteiger partial charge in [-0.05, 0) is 12.8 Å². The largest absolute Gasteiger partial charge is 0.381 e. The molecule has 0 fully saturated rings. The van der Waals surface area contributed by atoms with Crippen molar-refractivity contribution in [3.63, 3.8) is 0 Å². The fraction of sp³-hybridized carbons (Fsp3) is 0.750. The molecule has 1 aromatic rings. The number of rotatable bonds is 6. The summed E-state index contributed by atoms with van der Waals surface area (Å²) in [7, 11) is 0. The number of hydrogen-bond acceptors (Lipinski definition) is 3. The Balaban J connectivity index is 1.78. The first kappa shape index (κ1) is 11.6. The fourth-order valence-corrected chi connectivity index (χ4v) is 2.07. The third kappa shape index (κ3) is 2.83. The zero-order chi connectivity index (χ0) is 11.2. The van der Waals surface area contributed by atoms with E-state index >= 15 is 0 Å². The molecule has 2 heterocycles. The quantitative estimate of drug-likeness (QED) is 0.740. The third-order valence-electron chi connectivity index (χ3n) is 2.90. The Morgan fingerprint density at radius 1 is 1.50 bits per heavy atom. The van der Waals surface area contributed by atoms with Gasteiger partial charge in [-0.1, -0.05) is 6.92 Å². The lowest BCUT2D eigenvalue weighted by molar-refractivity contribution is 0.129. The molecule has 1 N–H and O–H groups in total. The molecule has 0 atom stereocenters. The van der Waals surface area contributed by atoms with Crippen LogP contribution in [0.3, 0.4) is 0 Å². The summed E-state index contributed by atoms with van der Waals surface area (Å²) in [4.78, 5) is 4.43. The molecule has 4 heteroatoms. The number of nitrogens with zero attached hydrogens (tertiary/aromatic N) is 2. The summed E-state index contributed by atoms with van der Waals surface area (Å²) in [5, 5.41) is 3.34. The molecule has 0 spiro atoms. The normalized spacial score (nSPS) is 15.1. The number of imidazole rings is 1. The Morgan fingerprint density at radius 2 is 2.44 bits per heavy atom. The molecule has 1 aliphatic rings. The first-order chi connectivity index (χ1) is 7.92. The van der Waals surface area contributed by atoms with E-state index in [2.05, 4.69) is 21.8 Å². The molecule has 1 aliphatic heterocycles. The molecular formula is C12H21N3O. The molecule has 0 saturated carbocycles. The zero-order valence-corrected chi connectivity index (χ0v) is 10.0. The molecule has 0 aliphatic carbocycles. The molecule has 1 aromatic heterocycles. The molecule has 0 unspecified atom stereocenters. The number of nitrogens with one attached hydrogen (secondary N) is 1. The predicted octanol–water partition coefficient (Wildman–Crippen LogP) is 1.35. The van der Waals surface area contributed by atoms with Gasteiger partial charge in [-0.2, -0.15) is 0 Å². The van der Waals surface area contributed by atoms with Gasteiger partial charge in [0.2, 0.25) is 0 Å². The Hall–Kier alpha value is -0.870. The lowest BCUT2D eigenvalue weighted by Crippen LogP contribution is -2.25. The number of fused-ring (bicyclic) bond motifs is 1. The topological polar surface area (TPSA) is 39.1 Å². The molecular weight excluding hydrogens is 202 g/mol. The Labute approximate surface area is 97.0 Å². The van der Waals surface area contributed by atoms with Crippen molar-refractivity contribution in [3.05, 3.63) is 17.7 Å². The van der Waals surface area contributed by atoms with Crippen molar-refractivity contribution in [1.82, 2.24) is 14.9 Å². The first-order valence-corrected chi connectivity index (χ1v) is 6.23. The molecule has 0 radical (unpaired) electrons. The maximum absolute atomic E-state index is 5.48. The lowest BCUT2D eigenvalue weighted by atomic mass is 10.2. The van der Waals surface area contributed by atoms with Crippen molar-refractivity contribution < 1.29 is 4.74 Å². The number of hydrogen-bond donors (Lipinski definition) is 1. The van der Waals surface area contributed by atoms with Crippen molar-refractivity contribution >= 4 is 0 Å². The average Bonchev–Trinajstić information content (AvgIpc) is 2.73. The van der Waals surface area contributed by atoms with E-state index in [1.807, 2.05) is 6.33 Å². The zero-order valence-electron chi connectivity index (χ0n) is 10.0. The minimum atomic E-state index is 0.860. The van der Waals surface area contributed by atoms with Crippen LogP contribution in [0.5, 0.6) is 0 Å². The van der Waals surface area contributed by atoms with Gasteiger partial charge in [-0.15, -0.1) is 0 Å². The van der Waals surface area contributed by atoms with Crippen LogP contribution in [0, 0.1) is 0 Å². The SMILES string of the molecule is CCCOCCCn1cnc2c1CCNC2. The number of aromatic nitrogens is 2. The third-order valence-corrected chi connectivity index (χ3v) is 2.90. The lowest BCUT2D eigenvalue weighted by Gasteiger charge is -2.15. The summed E-state index contributed by atoms with van der Waals surface area (Å²) in [6.07, 6.45) is 5.25. The highest BCUT2D eigenvalue weighted by Gasteiger charge is 2.13. The van der Waals surface area contributed by atoms with Crippen LogP contribution < -0.4 is 5.32 Å². The van der Waals surface area contributed by atoms with Crippen molar-refractivity contribution in [1.29, 1.82) is 0 Å².